The monoisotopic (exact) mass is 317 g/mol. The summed E-state index contributed by atoms with van der Waals surface area (Å²) in [6, 6.07) is 0.771. The third kappa shape index (κ3) is 2.99. The molecule has 3 fully saturated rings. The molecule has 4 N–H and O–H groups in total. The molecule has 0 aromatic rings. The number of hydrogen-bond donors (Lipinski definition) is 3. The van der Waals surface area contributed by atoms with Gasteiger partial charge in [0.1, 0.15) is 5.50 Å². The van der Waals surface area contributed by atoms with Crippen LogP contribution in [0.4, 0.5) is 0 Å². The Morgan fingerprint density at radius 2 is 2.15 bits per heavy atom. The quantitative estimate of drug-likeness (QED) is 0.652. The fourth-order valence-corrected chi connectivity index (χ4v) is 7.06. The van der Waals surface area contributed by atoms with Gasteiger partial charge in [0, 0.05) is 42.7 Å². The van der Waals surface area contributed by atoms with Crippen molar-refractivity contribution in [3.05, 3.63) is 0 Å². The van der Waals surface area contributed by atoms with E-state index in [1.54, 1.807) is 0 Å². The van der Waals surface area contributed by atoms with Crippen molar-refractivity contribution in [1.82, 2.24) is 20.4 Å². The number of nitrogens with two attached hydrogens (primary N) is 1. The molecule has 0 aliphatic carbocycles. The van der Waals surface area contributed by atoms with Gasteiger partial charge >= 0.3 is 0 Å². The molecule has 0 radical (unpaired) electrons. The van der Waals surface area contributed by atoms with Crippen LogP contribution in [0, 0.1) is 0 Å². The van der Waals surface area contributed by atoms with E-state index in [4.69, 9.17) is 5.73 Å². The van der Waals surface area contributed by atoms with Gasteiger partial charge in [0.2, 0.25) is 0 Å². The molecule has 5 atom stereocenters. The van der Waals surface area contributed by atoms with Gasteiger partial charge in [0.25, 0.3) is 0 Å². The normalized spacial score (nSPS) is 43.0. The predicted molar refractivity (Wildman–Crippen MR) is 89.1 cm³/mol. The van der Waals surface area contributed by atoms with E-state index in [1.807, 2.05) is 0 Å². The zero-order chi connectivity index (χ0) is 14.1. The third-order valence-electron chi connectivity index (χ3n) is 4.58. The van der Waals surface area contributed by atoms with Gasteiger partial charge in [-0.05, 0) is 27.1 Å². The Morgan fingerprint density at radius 3 is 2.90 bits per heavy atom. The first-order valence-corrected chi connectivity index (χ1v) is 9.46. The Kier molecular flexibility index (Phi) is 5.18. The summed E-state index contributed by atoms with van der Waals surface area (Å²) < 4.78 is 0. The Balaban J connectivity index is 1.59. The van der Waals surface area contributed by atoms with Crippen molar-refractivity contribution in [1.29, 1.82) is 0 Å². The van der Waals surface area contributed by atoms with Gasteiger partial charge in [-0.1, -0.05) is 0 Å². The average Bonchev–Trinajstić information content (AvgIpc) is 2.98. The maximum atomic E-state index is 5.60. The van der Waals surface area contributed by atoms with Crippen LogP contribution in [0.25, 0.3) is 0 Å². The molecule has 3 aliphatic heterocycles. The standard InChI is InChI=1S/C13H27N5S2/c1-17-8-11(20-13(17)16-6-4-14)12-18(2)9-3-5-15-7-10(9)19-12/h9-13,15-16H,3-8,14H2,1-2H3. The van der Waals surface area contributed by atoms with Gasteiger partial charge in [-0.25, -0.2) is 0 Å². The second-order valence-electron chi connectivity index (χ2n) is 6.00. The number of thioether (sulfide) groups is 2. The Morgan fingerprint density at radius 1 is 1.30 bits per heavy atom. The molecule has 20 heavy (non-hydrogen) atoms. The van der Waals surface area contributed by atoms with Crippen molar-refractivity contribution < 1.29 is 0 Å². The number of piperidine rings is 1. The molecule has 0 bridgehead atoms. The van der Waals surface area contributed by atoms with E-state index < -0.39 is 0 Å². The molecule has 5 unspecified atom stereocenters. The topological polar surface area (TPSA) is 56.6 Å². The summed E-state index contributed by atoms with van der Waals surface area (Å²) >= 11 is 4.27. The van der Waals surface area contributed by atoms with Gasteiger partial charge in [-0.3, -0.25) is 15.1 Å². The predicted octanol–water partition coefficient (Wildman–Crippen LogP) is -0.399. The van der Waals surface area contributed by atoms with Gasteiger partial charge in [0.05, 0.1) is 5.37 Å². The highest BCUT2D eigenvalue weighted by atomic mass is 32.2. The van der Waals surface area contributed by atoms with Crippen molar-refractivity contribution in [2.75, 3.05) is 46.8 Å². The number of nitrogens with one attached hydrogen (secondary N) is 2. The highest BCUT2D eigenvalue weighted by molar-refractivity contribution is 8.04. The fraction of sp³-hybridized carbons (Fsp3) is 1.00. The van der Waals surface area contributed by atoms with Crippen LogP contribution in [0.5, 0.6) is 0 Å². The summed E-state index contributed by atoms with van der Waals surface area (Å²) in [5.74, 6) is 0. The Hall–Kier alpha value is 0.500. The zero-order valence-electron chi connectivity index (χ0n) is 12.4. The van der Waals surface area contributed by atoms with Crippen molar-refractivity contribution in [2.45, 2.75) is 33.8 Å². The molecule has 116 valence electrons. The summed E-state index contributed by atoms with van der Waals surface area (Å²) in [4.78, 5) is 5.08. The van der Waals surface area contributed by atoms with E-state index in [1.165, 1.54) is 26.1 Å². The zero-order valence-corrected chi connectivity index (χ0v) is 14.1. The van der Waals surface area contributed by atoms with Gasteiger partial charge < -0.3 is 11.1 Å². The van der Waals surface area contributed by atoms with E-state index in [2.05, 4.69) is 58.1 Å². The molecular weight excluding hydrogens is 290 g/mol. The average molecular weight is 318 g/mol. The minimum atomic E-state index is 0.429. The molecule has 0 aromatic heterocycles. The second-order valence-corrected chi connectivity index (χ2v) is 8.68. The summed E-state index contributed by atoms with van der Waals surface area (Å²) in [6.07, 6.45) is 1.30. The lowest BCUT2D eigenvalue weighted by Crippen LogP contribution is -2.47. The molecule has 5 nitrogen and oxygen atoms in total. The fourth-order valence-electron chi connectivity index (χ4n) is 3.49. The third-order valence-corrected chi connectivity index (χ3v) is 8.07. The highest BCUT2D eigenvalue weighted by Gasteiger charge is 2.46. The van der Waals surface area contributed by atoms with Crippen LogP contribution in [0.3, 0.4) is 0 Å². The highest BCUT2D eigenvalue weighted by Crippen LogP contribution is 2.44. The van der Waals surface area contributed by atoms with Crippen LogP contribution in [-0.2, 0) is 0 Å². The second kappa shape index (κ2) is 6.73. The smallest absolute Gasteiger partial charge is 0.108 e. The minimum Gasteiger partial charge on any atom is -0.329 e. The van der Waals surface area contributed by atoms with Crippen molar-refractivity contribution in [3.8, 4) is 0 Å². The molecule has 0 amide bonds. The summed E-state index contributed by atoms with van der Waals surface area (Å²) in [5, 5.41) is 9.20. The molecule has 7 heteroatoms. The minimum absolute atomic E-state index is 0.429. The van der Waals surface area contributed by atoms with Crippen molar-refractivity contribution >= 4 is 23.5 Å². The summed E-state index contributed by atoms with van der Waals surface area (Å²) in [6.45, 7) is 5.14. The van der Waals surface area contributed by atoms with Crippen molar-refractivity contribution in [3.63, 3.8) is 0 Å². The van der Waals surface area contributed by atoms with E-state index >= 15 is 0 Å². The first kappa shape index (κ1) is 15.4. The lowest BCUT2D eigenvalue weighted by Gasteiger charge is -2.31. The maximum Gasteiger partial charge on any atom is 0.108 e. The first-order chi connectivity index (χ1) is 9.70. The van der Waals surface area contributed by atoms with E-state index in [9.17, 15) is 0 Å². The van der Waals surface area contributed by atoms with Crippen molar-refractivity contribution in [2.24, 2.45) is 5.73 Å². The molecule has 3 aliphatic rings. The van der Waals surface area contributed by atoms with Gasteiger partial charge in [0.15, 0.2) is 0 Å². The lowest BCUT2D eigenvalue weighted by atomic mass is 10.1. The van der Waals surface area contributed by atoms with E-state index in [-0.39, 0.29) is 0 Å². The van der Waals surface area contributed by atoms with Crippen LogP contribution < -0.4 is 16.4 Å². The molecule has 0 spiro atoms. The summed E-state index contributed by atoms with van der Waals surface area (Å²) in [7, 11) is 4.55. The van der Waals surface area contributed by atoms with Crippen LogP contribution >= 0.6 is 23.5 Å². The molecule has 3 rings (SSSR count). The van der Waals surface area contributed by atoms with Crippen LogP contribution in [-0.4, -0.2) is 84.0 Å². The number of hydrogen-bond acceptors (Lipinski definition) is 7. The van der Waals surface area contributed by atoms with Crippen LogP contribution in [0.2, 0.25) is 0 Å². The molecular formula is C13H27N5S2. The largest absolute Gasteiger partial charge is 0.329 e. The Bertz CT molecular complexity index is 332. The SMILES string of the molecule is CN1CC(C2SC3CNCCC3N2C)SC1NCCN. The molecule has 3 heterocycles. The van der Waals surface area contributed by atoms with Gasteiger partial charge in [-0.2, -0.15) is 0 Å². The molecule has 3 saturated heterocycles. The summed E-state index contributed by atoms with van der Waals surface area (Å²) in [5.41, 5.74) is 6.03. The van der Waals surface area contributed by atoms with Crippen LogP contribution in [0.1, 0.15) is 6.42 Å². The lowest BCUT2D eigenvalue weighted by molar-refractivity contribution is 0.204. The molecule has 0 aromatic carbocycles. The van der Waals surface area contributed by atoms with E-state index in [0.29, 0.717) is 22.7 Å². The van der Waals surface area contributed by atoms with Gasteiger partial charge in [-0.15, -0.1) is 23.5 Å². The number of nitrogens with zero attached hydrogens (tertiary/aromatic N) is 2. The van der Waals surface area contributed by atoms with E-state index in [0.717, 1.165) is 17.8 Å². The first-order valence-electron chi connectivity index (χ1n) is 7.58. The number of rotatable bonds is 4. The number of fused-ring (bicyclic) bond motifs is 1. The van der Waals surface area contributed by atoms with Crippen LogP contribution in [0.15, 0.2) is 0 Å². The maximum absolute atomic E-state index is 5.60. The molecule has 0 saturated carbocycles. The Labute approximate surface area is 130 Å².